The van der Waals surface area contributed by atoms with Crippen LogP contribution in [-0.2, 0) is 24.4 Å². The second-order valence-corrected chi connectivity index (χ2v) is 7.65. The molecular formula is C18H24N4OS. The van der Waals surface area contributed by atoms with Gasteiger partial charge in [0.2, 0.25) is 0 Å². The first-order valence-electron chi connectivity index (χ1n) is 8.68. The summed E-state index contributed by atoms with van der Waals surface area (Å²) in [5.41, 5.74) is 3.80. The minimum Gasteiger partial charge on any atom is -0.377 e. The number of hydrogen-bond acceptors (Lipinski definition) is 5. The van der Waals surface area contributed by atoms with Gasteiger partial charge >= 0.3 is 0 Å². The Hall–Kier alpha value is -1.50. The van der Waals surface area contributed by atoms with Gasteiger partial charge in [0.25, 0.3) is 0 Å². The SMILES string of the molecule is C=CCOCC1CN(Cc2ccsc2)Cc2nnn(CC3CC3)c21. The average molecular weight is 344 g/mol. The third kappa shape index (κ3) is 3.61. The van der Waals surface area contributed by atoms with Gasteiger partial charge in [0, 0.05) is 32.1 Å². The van der Waals surface area contributed by atoms with Crippen LogP contribution >= 0.6 is 11.3 Å². The summed E-state index contributed by atoms with van der Waals surface area (Å²) in [5, 5.41) is 13.3. The van der Waals surface area contributed by atoms with Crippen LogP contribution in [0.3, 0.4) is 0 Å². The Morgan fingerprint density at radius 1 is 1.42 bits per heavy atom. The van der Waals surface area contributed by atoms with E-state index in [-0.39, 0.29) is 0 Å². The van der Waals surface area contributed by atoms with Crippen molar-refractivity contribution in [2.24, 2.45) is 5.92 Å². The van der Waals surface area contributed by atoms with Crippen LogP contribution in [0.25, 0.3) is 0 Å². The normalized spacial score (nSPS) is 20.9. The molecule has 0 N–H and O–H groups in total. The van der Waals surface area contributed by atoms with Crippen LogP contribution < -0.4 is 0 Å². The maximum Gasteiger partial charge on any atom is 0.100 e. The second kappa shape index (κ2) is 7.17. The van der Waals surface area contributed by atoms with Crippen molar-refractivity contribution in [3.8, 4) is 0 Å². The summed E-state index contributed by atoms with van der Waals surface area (Å²) in [6.45, 7) is 8.91. The van der Waals surface area contributed by atoms with Gasteiger partial charge in [-0.05, 0) is 41.1 Å². The summed E-state index contributed by atoms with van der Waals surface area (Å²) >= 11 is 1.75. The molecule has 1 aliphatic carbocycles. The molecule has 5 nitrogen and oxygen atoms in total. The molecule has 2 aromatic rings. The lowest BCUT2D eigenvalue weighted by atomic mass is 9.98. The highest BCUT2D eigenvalue weighted by Crippen LogP contribution is 2.34. The summed E-state index contributed by atoms with van der Waals surface area (Å²) in [6.07, 6.45) is 4.47. The fourth-order valence-corrected chi connectivity index (χ4v) is 4.12. The topological polar surface area (TPSA) is 43.2 Å². The van der Waals surface area contributed by atoms with Gasteiger partial charge in [0.1, 0.15) is 5.69 Å². The molecule has 0 bridgehead atoms. The zero-order valence-electron chi connectivity index (χ0n) is 13.9. The Labute approximate surface area is 146 Å². The van der Waals surface area contributed by atoms with E-state index in [0.29, 0.717) is 19.1 Å². The average Bonchev–Trinajstić information content (AvgIpc) is 3.07. The van der Waals surface area contributed by atoms with Gasteiger partial charge in [-0.2, -0.15) is 11.3 Å². The van der Waals surface area contributed by atoms with Crippen LogP contribution in [0.5, 0.6) is 0 Å². The third-order valence-electron chi connectivity index (χ3n) is 4.75. The Bertz CT molecular complexity index is 677. The number of nitrogens with zero attached hydrogens (tertiary/aromatic N) is 4. The van der Waals surface area contributed by atoms with Gasteiger partial charge in [-0.25, -0.2) is 4.68 Å². The second-order valence-electron chi connectivity index (χ2n) is 6.87. The van der Waals surface area contributed by atoms with E-state index in [9.17, 15) is 0 Å². The van der Waals surface area contributed by atoms with Crippen LogP contribution in [0.4, 0.5) is 0 Å². The highest BCUT2D eigenvalue weighted by atomic mass is 32.1. The summed E-state index contributed by atoms with van der Waals surface area (Å²) in [7, 11) is 0. The Morgan fingerprint density at radius 3 is 3.08 bits per heavy atom. The number of ether oxygens (including phenoxy) is 1. The van der Waals surface area contributed by atoms with E-state index >= 15 is 0 Å². The molecular weight excluding hydrogens is 320 g/mol. The van der Waals surface area contributed by atoms with Crippen LogP contribution in [0, 0.1) is 5.92 Å². The van der Waals surface area contributed by atoms with Crippen molar-refractivity contribution in [1.82, 2.24) is 19.9 Å². The molecule has 1 aliphatic heterocycles. The molecule has 0 spiro atoms. The molecule has 0 aromatic carbocycles. The molecule has 0 amide bonds. The molecule has 4 rings (SSSR count). The maximum atomic E-state index is 5.80. The number of hydrogen-bond donors (Lipinski definition) is 0. The van der Waals surface area contributed by atoms with Crippen LogP contribution in [0.15, 0.2) is 29.5 Å². The van der Waals surface area contributed by atoms with Crippen molar-refractivity contribution in [2.75, 3.05) is 19.8 Å². The summed E-state index contributed by atoms with van der Waals surface area (Å²) in [5.74, 6) is 1.13. The molecule has 1 fully saturated rings. The predicted molar refractivity (Wildman–Crippen MR) is 94.9 cm³/mol. The molecule has 2 aromatic heterocycles. The van der Waals surface area contributed by atoms with E-state index < -0.39 is 0 Å². The summed E-state index contributed by atoms with van der Waals surface area (Å²) in [6, 6.07) is 2.20. The van der Waals surface area contributed by atoms with E-state index in [4.69, 9.17) is 4.74 Å². The van der Waals surface area contributed by atoms with E-state index in [0.717, 1.165) is 37.8 Å². The molecule has 6 heteroatoms. The smallest absolute Gasteiger partial charge is 0.100 e. The molecule has 1 unspecified atom stereocenters. The van der Waals surface area contributed by atoms with Crippen LogP contribution in [0.1, 0.15) is 35.7 Å². The van der Waals surface area contributed by atoms with Gasteiger partial charge < -0.3 is 4.74 Å². The predicted octanol–water partition coefficient (Wildman–Crippen LogP) is 3.05. The van der Waals surface area contributed by atoms with Gasteiger partial charge in [0.05, 0.1) is 18.9 Å². The quantitative estimate of drug-likeness (QED) is 0.545. The Kier molecular flexibility index (Phi) is 4.78. The zero-order valence-corrected chi connectivity index (χ0v) is 14.7. The van der Waals surface area contributed by atoms with E-state index in [1.807, 2.05) is 6.08 Å². The standard InChI is InChI=1S/C18H24N4OS/c1-2-6-23-12-16-10-21(8-15-5-7-24-13-15)11-17-18(16)22(20-19-17)9-14-3-4-14/h2,5,7,13-14,16H,1,3-4,6,8-12H2. The first-order valence-corrected chi connectivity index (χ1v) is 9.62. The molecule has 1 saturated carbocycles. The van der Waals surface area contributed by atoms with Crippen molar-refractivity contribution in [3.63, 3.8) is 0 Å². The number of aromatic nitrogens is 3. The monoisotopic (exact) mass is 344 g/mol. The number of rotatable bonds is 8. The van der Waals surface area contributed by atoms with Crippen molar-refractivity contribution in [3.05, 3.63) is 46.4 Å². The molecule has 0 saturated heterocycles. The molecule has 24 heavy (non-hydrogen) atoms. The molecule has 128 valence electrons. The van der Waals surface area contributed by atoms with E-state index in [1.165, 1.54) is 24.1 Å². The summed E-state index contributed by atoms with van der Waals surface area (Å²) < 4.78 is 7.95. The molecule has 0 radical (unpaired) electrons. The van der Waals surface area contributed by atoms with Crippen molar-refractivity contribution in [1.29, 1.82) is 0 Å². The minimum atomic E-state index is 0.334. The van der Waals surface area contributed by atoms with E-state index in [2.05, 4.69) is 43.3 Å². The first kappa shape index (κ1) is 16.0. The number of thiophene rings is 1. The van der Waals surface area contributed by atoms with Gasteiger partial charge in [-0.15, -0.1) is 11.7 Å². The third-order valence-corrected chi connectivity index (χ3v) is 5.49. The molecule has 2 aliphatic rings. The van der Waals surface area contributed by atoms with Crippen molar-refractivity contribution < 1.29 is 4.74 Å². The van der Waals surface area contributed by atoms with Crippen LogP contribution in [-0.4, -0.2) is 39.7 Å². The van der Waals surface area contributed by atoms with Crippen LogP contribution in [0.2, 0.25) is 0 Å². The zero-order chi connectivity index (χ0) is 16.4. The highest BCUT2D eigenvalue weighted by molar-refractivity contribution is 7.07. The van der Waals surface area contributed by atoms with Crippen molar-refractivity contribution in [2.45, 2.75) is 38.4 Å². The lowest BCUT2D eigenvalue weighted by Crippen LogP contribution is -2.36. The number of fused-ring (bicyclic) bond motifs is 1. The summed E-state index contributed by atoms with van der Waals surface area (Å²) in [4.78, 5) is 2.46. The lowest BCUT2D eigenvalue weighted by molar-refractivity contribution is 0.111. The maximum absolute atomic E-state index is 5.80. The first-order chi connectivity index (χ1) is 11.8. The lowest BCUT2D eigenvalue weighted by Gasteiger charge is -2.32. The largest absolute Gasteiger partial charge is 0.377 e. The fourth-order valence-electron chi connectivity index (χ4n) is 3.46. The fraction of sp³-hybridized carbons (Fsp3) is 0.556. The van der Waals surface area contributed by atoms with Gasteiger partial charge in [-0.3, -0.25) is 4.90 Å². The van der Waals surface area contributed by atoms with Gasteiger partial charge in [0.15, 0.2) is 0 Å². The van der Waals surface area contributed by atoms with Gasteiger partial charge in [-0.1, -0.05) is 11.3 Å². The van der Waals surface area contributed by atoms with Crippen molar-refractivity contribution >= 4 is 11.3 Å². The minimum absolute atomic E-state index is 0.334. The highest BCUT2D eigenvalue weighted by Gasteiger charge is 2.33. The molecule has 3 heterocycles. The van der Waals surface area contributed by atoms with E-state index in [1.54, 1.807) is 11.3 Å². The molecule has 1 atom stereocenters. The Balaban J connectivity index is 1.52. The Morgan fingerprint density at radius 2 is 2.33 bits per heavy atom.